The molecule has 100 valence electrons. The van der Waals surface area contributed by atoms with E-state index in [9.17, 15) is 9.90 Å². The van der Waals surface area contributed by atoms with Gasteiger partial charge < -0.3 is 27.7 Å². The largest absolute Gasteiger partial charge is 2.00 e. The van der Waals surface area contributed by atoms with Crippen LogP contribution in [0.15, 0.2) is 6.20 Å². The number of rotatable bonds is 2. The maximum atomic E-state index is 10.5. The van der Waals surface area contributed by atoms with E-state index in [0.29, 0.717) is 17.5 Å². The van der Waals surface area contributed by atoms with Gasteiger partial charge in [0.25, 0.3) is 0 Å². The number of aryl methyl sites for hydroxylation is 1. The molecule has 0 saturated heterocycles. The van der Waals surface area contributed by atoms with Gasteiger partial charge in [-0.1, -0.05) is 0 Å². The van der Waals surface area contributed by atoms with Crippen LogP contribution in [0.4, 0.5) is 0 Å². The van der Waals surface area contributed by atoms with Crippen LogP contribution in [0.3, 0.4) is 0 Å². The number of nitrogens with zero attached hydrogens (tertiary/aromatic N) is 1. The SMILES string of the molecule is Cc1ncc(CO)c(C=O)c1O.O=P(O)(O)O.[Ca+2].[H-].[H-]. The van der Waals surface area contributed by atoms with Crippen LogP contribution in [0.5, 0.6) is 5.75 Å². The summed E-state index contributed by atoms with van der Waals surface area (Å²) < 4.78 is 8.88. The predicted octanol–water partition coefficient (Wildman–Crippen LogP) is -0.684. The predicted molar refractivity (Wildman–Crippen MR) is 64.2 cm³/mol. The summed E-state index contributed by atoms with van der Waals surface area (Å²) in [5.41, 5.74) is 0.840. The second kappa shape index (κ2) is 8.95. The van der Waals surface area contributed by atoms with Gasteiger partial charge in [-0.3, -0.25) is 9.78 Å². The van der Waals surface area contributed by atoms with Gasteiger partial charge in [0.05, 0.1) is 17.9 Å². The van der Waals surface area contributed by atoms with Gasteiger partial charge in [-0.2, -0.15) is 0 Å². The molecule has 1 rings (SSSR count). The molecule has 0 aliphatic rings. The first-order valence-corrected chi connectivity index (χ1v) is 5.79. The standard InChI is InChI=1S/C8H9NO3.Ca.H3O4P.2H/c1-5-8(12)7(4-11)6(3-10)2-9-5;;1-5(2,3)4;;/h2,4,10,12H,3H2,1H3;;(H3,1,2,3,4);;/q;+2;;2*-1. The van der Waals surface area contributed by atoms with Crippen molar-refractivity contribution >= 4 is 51.8 Å². The van der Waals surface area contributed by atoms with E-state index in [1.807, 2.05) is 0 Å². The quantitative estimate of drug-likeness (QED) is 0.274. The first kappa shape index (κ1) is 20.3. The average molecular weight is 307 g/mol. The van der Waals surface area contributed by atoms with E-state index in [1.165, 1.54) is 6.20 Å². The van der Waals surface area contributed by atoms with Crippen molar-refractivity contribution in [1.82, 2.24) is 4.98 Å². The van der Waals surface area contributed by atoms with Crippen LogP contribution in [-0.2, 0) is 11.2 Å². The summed E-state index contributed by atoms with van der Waals surface area (Å²) in [7, 11) is -4.64. The van der Waals surface area contributed by atoms with Crippen LogP contribution in [0.1, 0.15) is 24.5 Å². The molecule has 8 nitrogen and oxygen atoms in total. The second-order valence-corrected chi connectivity index (χ2v) is 3.95. The third-order valence-corrected chi connectivity index (χ3v) is 1.65. The number of aromatic hydroxyl groups is 1. The molecular formula is C8H14CaNO7P. The van der Waals surface area contributed by atoms with Crippen LogP contribution in [-0.4, -0.2) is 73.9 Å². The molecule has 0 saturated carbocycles. The van der Waals surface area contributed by atoms with Crippen molar-refractivity contribution in [3.05, 3.63) is 23.0 Å². The Kier molecular flexibility index (Phi) is 10.1. The third-order valence-electron chi connectivity index (χ3n) is 1.65. The normalized spacial score (nSPS) is 9.83. The smallest absolute Gasteiger partial charge is 1.00 e. The maximum Gasteiger partial charge on any atom is 2.00 e. The fraction of sp³-hybridized carbons (Fsp3) is 0.250. The summed E-state index contributed by atoms with van der Waals surface area (Å²) in [6.07, 6.45) is 1.88. The van der Waals surface area contributed by atoms with Gasteiger partial charge >= 0.3 is 45.6 Å². The van der Waals surface area contributed by atoms with Crippen molar-refractivity contribution in [2.24, 2.45) is 0 Å². The van der Waals surface area contributed by atoms with E-state index < -0.39 is 7.82 Å². The Morgan fingerprint density at radius 1 is 1.44 bits per heavy atom. The molecular weight excluding hydrogens is 293 g/mol. The number of aromatic nitrogens is 1. The monoisotopic (exact) mass is 307 g/mol. The fourth-order valence-corrected chi connectivity index (χ4v) is 0.910. The van der Waals surface area contributed by atoms with E-state index in [2.05, 4.69) is 4.98 Å². The fourth-order valence-electron chi connectivity index (χ4n) is 0.910. The van der Waals surface area contributed by atoms with Crippen LogP contribution in [0, 0.1) is 6.92 Å². The molecule has 10 heteroatoms. The van der Waals surface area contributed by atoms with Crippen molar-refractivity contribution in [2.45, 2.75) is 13.5 Å². The molecule has 1 aromatic heterocycles. The van der Waals surface area contributed by atoms with E-state index >= 15 is 0 Å². The van der Waals surface area contributed by atoms with Gasteiger partial charge in [-0.05, 0) is 6.92 Å². The Bertz CT molecular complexity index is 448. The zero-order chi connectivity index (χ0) is 13.6. The number of carbonyl (C=O) groups excluding carboxylic acids is 1. The van der Waals surface area contributed by atoms with Gasteiger partial charge in [0.15, 0.2) is 6.29 Å². The number of aliphatic hydroxyl groups is 1. The number of pyridine rings is 1. The summed E-state index contributed by atoms with van der Waals surface area (Å²) in [5.74, 6) is -0.156. The van der Waals surface area contributed by atoms with Crippen molar-refractivity contribution in [3.63, 3.8) is 0 Å². The van der Waals surface area contributed by atoms with Crippen LogP contribution >= 0.6 is 7.82 Å². The van der Waals surface area contributed by atoms with Crippen molar-refractivity contribution < 1.29 is 37.1 Å². The van der Waals surface area contributed by atoms with Crippen LogP contribution in [0.2, 0.25) is 0 Å². The van der Waals surface area contributed by atoms with E-state index in [1.54, 1.807) is 6.92 Å². The van der Waals surface area contributed by atoms with Gasteiger partial charge in [0.2, 0.25) is 0 Å². The van der Waals surface area contributed by atoms with Crippen LogP contribution in [0.25, 0.3) is 0 Å². The molecule has 0 aliphatic heterocycles. The molecule has 0 aliphatic carbocycles. The molecule has 0 aromatic carbocycles. The zero-order valence-corrected chi connectivity index (χ0v) is 12.6. The molecule has 0 bridgehead atoms. The molecule has 0 fully saturated rings. The molecule has 0 spiro atoms. The van der Waals surface area contributed by atoms with Gasteiger partial charge in [0, 0.05) is 11.8 Å². The Balaban J connectivity index is -0.000000141. The molecule has 5 N–H and O–H groups in total. The minimum atomic E-state index is -4.64. The van der Waals surface area contributed by atoms with Gasteiger partial charge in [-0.15, -0.1) is 0 Å². The molecule has 0 radical (unpaired) electrons. The third kappa shape index (κ3) is 8.12. The molecule has 0 amide bonds. The Morgan fingerprint density at radius 3 is 2.22 bits per heavy atom. The van der Waals surface area contributed by atoms with Gasteiger partial charge in [0.1, 0.15) is 5.75 Å². The molecule has 0 unspecified atom stereocenters. The number of hydrogen-bond donors (Lipinski definition) is 5. The molecule has 18 heavy (non-hydrogen) atoms. The molecule has 1 aromatic rings. The molecule has 0 atom stereocenters. The zero-order valence-electron chi connectivity index (χ0n) is 11.5. The van der Waals surface area contributed by atoms with Gasteiger partial charge in [-0.25, -0.2) is 4.57 Å². The van der Waals surface area contributed by atoms with Crippen molar-refractivity contribution in [1.29, 1.82) is 0 Å². The topological polar surface area (TPSA) is 148 Å². The Morgan fingerprint density at radius 2 is 1.89 bits per heavy atom. The summed E-state index contributed by atoms with van der Waals surface area (Å²) in [5, 5.41) is 18.1. The average Bonchev–Trinajstić information content (AvgIpc) is 2.19. The Labute approximate surface area is 136 Å². The Hall–Kier alpha value is -0.0503. The molecule has 1 heterocycles. The van der Waals surface area contributed by atoms with Crippen LogP contribution < -0.4 is 0 Å². The maximum absolute atomic E-state index is 10.5. The summed E-state index contributed by atoms with van der Waals surface area (Å²) in [6, 6.07) is 0. The second-order valence-electron chi connectivity index (χ2n) is 2.92. The van der Waals surface area contributed by atoms with Crippen molar-refractivity contribution in [3.8, 4) is 5.75 Å². The first-order valence-electron chi connectivity index (χ1n) is 4.22. The number of aliphatic hydroxyl groups excluding tert-OH is 1. The summed E-state index contributed by atoms with van der Waals surface area (Å²) in [6.45, 7) is 1.29. The summed E-state index contributed by atoms with van der Waals surface area (Å²) in [4.78, 5) is 35.8. The minimum absolute atomic E-state index is 0. The number of aldehydes is 1. The number of hydrogen-bond acceptors (Lipinski definition) is 5. The minimum Gasteiger partial charge on any atom is -1.00 e. The number of carbonyl (C=O) groups is 1. The first-order chi connectivity index (χ1) is 7.70. The summed E-state index contributed by atoms with van der Waals surface area (Å²) >= 11 is 0. The van der Waals surface area contributed by atoms with E-state index in [0.717, 1.165) is 0 Å². The van der Waals surface area contributed by atoms with E-state index in [-0.39, 0.29) is 58.5 Å². The van der Waals surface area contributed by atoms with Crippen molar-refractivity contribution in [2.75, 3.05) is 0 Å². The number of phosphoric acid groups is 1. The van der Waals surface area contributed by atoms with E-state index in [4.69, 9.17) is 24.4 Å².